The highest BCUT2D eigenvalue weighted by Crippen LogP contribution is 2.21. The number of sulfonamides is 1. The van der Waals surface area contributed by atoms with Gasteiger partial charge in [-0.05, 0) is 73.0 Å². The van der Waals surface area contributed by atoms with Gasteiger partial charge in [-0.25, -0.2) is 12.8 Å². The van der Waals surface area contributed by atoms with Crippen molar-refractivity contribution in [2.24, 2.45) is 0 Å². The smallest absolute Gasteiger partial charge is 0.261 e. The van der Waals surface area contributed by atoms with Crippen LogP contribution in [0.5, 0.6) is 5.75 Å². The molecule has 0 spiro atoms. The number of halogens is 1. The molecule has 0 aromatic heterocycles. The van der Waals surface area contributed by atoms with E-state index in [-0.39, 0.29) is 16.3 Å². The Hall–Kier alpha value is -3.39. The molecule has 0 radical (unpaired) electrons. The fourth-order valence-electron chi connectivity index (χ4n) is 2.99. The van der Waals surface area contributed by atoms with Gasteiger partial charge in [0, 0.05) is 17.8 Å². The van der Waals surface area contributed by atoms with Crippen LogP contribution in [0.25, 0.3) is 0 Å². The number of benzene rings is 3. The highest BCUT2D eigenvalue weighted by atomic mass is 32.2. The van der Waals surface area contributed by atoms with Crippen molar-refractivity contribution < 1.29 is 22.3 Å². The van der Waals surface area contributed by atoms with Crippen LogP contribution in [-0.2, 0) is 16.4 Å². The van der Waals surface area contributed by atoms with Crippen molar-refractivity contribution in [2.45, 2.75) is 18.2 Å². The van der Waals surface area contributed by atoms with Crippen LogP contribution in [0.15, 0.2) is 71.6 Å². The summed E-state index contributed by atoms with van der Waals surface area (Å²) in [6, 6.07) is 17.0. The molecule has 0 fully saturated rings. The van der Waals surface area contributed by atoms with Gasteiger partial charge < -0.3 is 10.1 Å². The molecule has 0 atom stereocenters. The minimum atomic E-state index is -3.89. The average molecular weight is 443 g/mol. The Bertz CT molecular complexity index is 1180. The molecule has 6 nitrogen and oxygen atoms in total. The summed E-state index contributed by atoms with van der Waals surface area (Å²) in [4.78, 5) is 12.6. The van der Waals surface area contributed by atoms with E-state index in [2.05, 4.69) is 10.0 Å². The summed E-state index contributed by atoms with van der Waals surface area (Å²) in [7, 11) is -2.36. The Balaban J connectivity index is 1.71. The number of carbonyl (C=O) groups is 1. The van der Waals surface area contributed by atoms with E-state index >= 15 is 0 Å². The number of rotatable bonds is 8. The van der Waals surface area contributed by atoms with Crippen molar-refractivity contribution in [1.82, 2.24) is 5.32 Å². The van der Waals surface area contributed by atoms with E-state index in [4.69, 9.17) is 4.74 Å². The summed E-state index contributed by atoms with van der Waals surface area (Å²) in [5.74, 6) is -0.118. The van der Waals surface area contributed by atoms with Gasteiger partial charge in [0.2, 0.25) is 0 Å². The molecule has 0 saturated heterocycles. The average Bonchev–Trinajstić information content (AvgIpc) is 2.74. The van der Waals surface area contributed by atoms with Crippen LogP contribution in [0.3, 0.4) is 0 Å². The van der Waals surface area contributed by atoms with Gasteiger partial charge >= 0.3 is 0 Å². The van der Waals surface area contributed by atoms with Crippen LogP contribution in [0.2, 0.25) is 0 Å². The Morgan fingerprint density at radius 1 is 1.03 bits per heavy atom. The minimum absolute atomic E-state index is 0.0239. The maximum atomic E-state index is 13.3. The van der Waals surface area contributed by atoms with Crippen LogP contribution in [0.4, 0.5) is 10.1 Å². The molecule has 0 heterocycles. The summed E-state index contributed by atoms with van der Waals surface area (Å²) in [6.07, 6.45) is 0.458. The Labute approximate surface area is 181 Å². The molecule has 0 bridgehead atoms. The minimum Gasteiger partial charge on any atom is -0.497 e. The molecular formula is C23H23FN2O4S. The summed E-state index contributed by atoms with van der Waals surface area (Å²) in [6.45, 7) is 2.03. The zero-order chi connectivity index (χ0) is 22.4. The largest absolute Gasteiger partial charge is 0.497 e. The lowest BCUT2D eigenvalue weighted by molar-refractivity contribution is 0.0953. The van der Waals surface area contributed by atoms with Crippen molar-refractivity contribution in [3.8, 4) is 5.75 Å². The molecule has 0 unspecified atom stereocenters. The van der Waals surface area contributed by atoms with Crippen LogP contribution < -0.4 is 14.8 Å². The number of methoxy groups -OCH3 is 1. The second kappa shape index (κ2) is 9.61. The van der Waals surface area contributed by atoms with Crippen LogP contribution in [0, 0.1) is 12.7 Å². The third-order valence-corrected chi connectivity index (χ3v) is 6.07. The summed E-state index contributed by atoms with van der Waals surface area (Å²) < 4.78 is 46.3. The summed E-state index contributed by atoms with van der Waals surface area (Å²) in [5.41, 5.74) is 2.04. The van der Waals surface area contributed by atoms with Gasteiger partial charge in [0.15, 0.2) is 0 Å². The third kappa shape index (κ3) is 5.82. The predicted molar refractivity (Wildman–Crippen MR) is 117 cm³/mol. The highest BCUT2D eigenvalue weighted by Gasteiger charge is 2.18. The topological polar surface area (TPSA) is 84.5 Å². The molecular weight excluding hydrogens is 419 g/mol. The van der Waals surface area contributed by atoms with Crippen molar-refractivity contribution >= 4 is 21.6 Å². The van der Waals surface area contributed by atoms with E-state index in [9.17, 15) is 17.6 Å². The molecule has 1 amide bonds. The van der Waals surface area contributed by atoms with E-state index in [1.807, 2.05) is 0 Å². The number of amides is 1. The maximum absolute atomic E-state index is 13.3. The number of aryl methyl sites for hydroxylation is 1. The van der Waals surface area contributed by atoms with E-state index in [1.54, 1.807) is 49.4 Å². The molecule has 8 heteroatoms. The quantitative estimate of drug-likeness (QED) is 0.554. The molecule has 3 aromatic rings. The molecule has 0 saturated carbocycles. The lowest BCUT2D eigenvalue weighted by atomic mass is 10.1. The van der Waals surface area contributed by atoms with Crippen molar-refractivity contribution in [3.63, 3.8) is 0 Å². The predicted octanol–water partition coefficient (Wildman–Crippen LogP) is 3.92. The molecule has 2 N–H and O–H groups in total. The molecule has 0 aliphatic heterocycles. The zero-order valence-electron chi connectivity index (χ0n) is 17.2. The monoisotopic (exact) mass is 442 g/mol. The first-order chi connectivity index (χ1) is 14.8. The maximum Gasteiger partial charge on any atom is 0.261 e. The Kier molecular flexibility index (Phi) is 6.91. The first kappa shape index (κ1) is 22.3. The summed E-state index contributed by atoms with van der Waals surface area (Å²) in [5, 5.41) is 2.76. The van der Waals surface area contributed by atoms with Crippen LogP contribution >= 0.6 is 0 Å². The van der Waals surface area contributed by atoms with Gasteiger partial charge in [-0.2, -0.15) is 0 Å². The molecule has 0 aliphatic rings. The van der Waals surface area contributed by atoms with Crippen molar-refractivity contribution in [3.05, 3.63) is 89.2 Å². The number of anilines is 1. The number of nitrogens with one attached hydrogen (secondary N) is 2. The first-order valence-electron chi connectivity index (χ1n) is 9.58. The standard InChI is InChI=1S/C23H23FN2O4S/c1-16-6-11-21(31(28,29)26-19-7-9-20(30-2)10-8-19)15-22(16)23(27)25-13-12-17-4-3-5-18(24)14-17/h3-11,14-15,26H,12-13H2,1-2H3,(H,25,27). The normalized spacial score (nSPS) is 11.1. The fourth-order valence-corrected chi connectivity index (χ4v) is 4.08. The van der Waals surface area contributed by atoms with Gasteiger partial charge in [0.05, 0.1) is 12.0 Å². The van der Waals surface area contributed by atoms with Gasteiger partial charge in [0.1, 0.15) is 11.6 Å². The van der Waals surface area contributed by atoms with Crippen LogP contribution in [0.1, 0.15) is 21.5 Å². The van der Waals surface area contributed by atoms with Gasteiger partial charge in [-0.3, -0.25) is 9.52 Å². The van der Waals surface area contributed by atoms with E-state index in [1.165, 1.54) is 31.4 Å². The second-order valence-electron chi connectivity index (χ2n) is 6.95. The van der Waals surface area contributed by atoms with Gasteiger partial charge in [-0.15, -0.1) is 0 Å². The Morgan fingerprint density at radius 3 is 2.45 bits per heavy atom. The van der Waals surface area contributed by atoms with E-state index < -0.39 is 15.9 Å². The lowest BCUT2D eigenvalue weighted by Gasteiger charge is -2.12. The first-order valence-corrected chi connectivity index (χ1v) is 11.1. The molecule has 3 aromatic carbocycles. The van der Waals surface area contributed by atoms with Gasteiger partial charge in [-0.1, -0.05) is 18.2 Å². The Morgan fingerprint density at radius 2 is 1.77 bits per heavy atom. The SMILES string of the molecule is COc1ccc(NS(=O)(=O)c2ccc(C)c(C(=O)NCCc3cccc(F)c3)c2)cc1. The lowest BCUT2D eigenvalue weighted by Crippen LogP contribution is -2.27. The molecule has 0 aliphatic carbocycles. The molecule has 31 heavy (non-hydrogen) atoms. The highest BCUT2D eigenvalue weighted by molar-refractivity contribution is 7.92. The van der Waals surface area contributed by atoms with Gasteiger partial charge in [0.25, 0.3) is 15.9 Å². The fraction of sp³-hybridized carbons (Fsp3) is 0.174. The molecule has 162 valence electrons. The zero-order valence-corrected chi connectivity index (χ0v) is 18.0. The van der Waals surface area contributed by atoms with E-state index in [0.717, 1.165) is 5.56 Å². The number of ether oxygens (including phenoxy) is 1. The second-order valence-corrected chi connectivity index (χ2v) is 8.63. The molecule has 3 rings (SSSR count). The van der Waals surface area contributed by atoms with Crippen molar-refractivity contribution in [1.29, 1.82) is 0 Å². The van der Waals surface area contributed by atoms with Crippen LogP contribution in [-0.4, -0.2) is 28.0 Å². The van der Waals surface area contributed by atoms with Crippen molar-refractivity contribution in [2.75, 3.05) is 18.4 Å². The summed E-state index contributed by atoms with van der Waals surface area (Å²) >= 11 is 0. The number of hydrogen-bond donors (Lipinski definition) is 2. The third-order valence-electron chi connectivity index (χ3n) is 4.69. The number of hydrogen-bond acceptors (Lipinski definition) is 4. The van der Waals surface area contributed by atoms with E-state index in [0.29, 0.717) is 30.0 Å². The number of carbonyl (C=O) groups excluding carboxylic acids is 1.